The van der Waals surface area contributed by atoms with Gasteiger partial charge in [-0.1, -0.05) is 12.8 Å². The van der Waals surface area contributed by atoms with Crippen molar-refractivity contribution in [2.45, 2.75) is 58.0 Å². The van der Waals surface area contributed by atoms with Crippen molar-refractivity contribution in [3.05, 3.63) is 24.0 Å². The lowest BCUT2D eigenvalue weighted by Gasteiger charge is -2.22. The lowest BCUT2D eigenvalue weighted by molar-refractivity contribution is 0.456. The molecule has 0 spiro atoms. The molecule has 2 atom stereocenters. The van der Waals surface area contributed by atoms with E-state index in [1.165, 1.54) is 44.3 Å². The second kappa shape index (κ2) is 6.74. The maximum Gasteiger partial charge on any atom is 0.0603 e. The fourth-order valence-electron chi connectivity index (χ4n) is 2.69. The van der Waals surface area contributed by atoms with Crippen LogP contribution in [-0.4, -0.2) is 23.6 Å². The third kappa shape index (κ3) is 3.98. The molecule has 0 aromatic carbocycles. The Labute approximate surface area is 110 Å². The van der Waals surface area contributed by atoms with E-state index in [2.05, 4.69) is 35.5 Å². The van der Waals surface area contributed by atoms with Crippen molar-refractivity contribution in [1.29, 1.82) is 0 Å². The van der Waals surface area contributed by atoms with Gasteiger partial charge in [-0.2, -0.15) is 0 Å². The van der Waals surface area contributed by atoms with E-state index >= 15 is 0 Å². The minimum Gasteiger partial charge on any atom is -0.381 e. The zero-order chi connectivity index (χ0) is 12.8. The van der Waals surface area contributed by atoms with Gasteiger partial charge in [-0.05, 0) is 51.8 Å². The second-order valence-electron chi connectivity index (χ2n) is 5.42. The molecule has 1 saturated heterocycles. The van der Waals surface area contributed by atoms with Gasteiger partial charge in [-0.3, -0.25) is 4.98 Å². The molecule has 1 aliphatic heterocycles. The van der Waals surface area contributed by atoms with Crippen molar-refractivity contribution in [2.24, 2.45) is 0 Å². The van der Waals surface area contributed by atoms with Crippen molar-refractivity contribution in [1.82, 2.24) is 10.3 Å². The Morgan fingerprint density at radius 1 is 1.44 bits per heavy atom. The van der Waals surface area contributed by atoms with Crippen molar-refractivity contribution >= 4 is 5.69 Å². The van der Waals surface area contributed by atoms with Crippen LogP contribution < -0.4 is 10.6 Å². The summed E-state index contributed by atoms with van der Waals surface area (Å²) in [4.78, 5) is 4.32. The van der Waals surface area contributed by atoms with Crippen molar-refractivity contribution < 1.29 is 0 Å². The predicted octanol–water partition coefficient (Wildman–Crippen LogP) is 3.11. The van der Waals surface area contributed by atoms with Gasteiger partial charge in [0, 0.05) is 18.3 Å². The molecule has 2 N–H and O–H groups in total. The SMILES string of the molecule is Cc1ncccc1NC(C)CC1CCCCCN1. The molecule has 2 heterocycles. The predicted molar refractivity (Wildman–Crippen MR) is 76.9 cm³/mol. The van der Waals surface area contributed by atoms with Crippen molar-refractivity contribution in [3.8, 4) is 0 Å². The van der Waals surface area contributed by atoms with Crippen LogP contribution in [0, 0.1) is 6.92 Å². The molecule has 1 aromatic rings. The molecule has 2 rings (SSSR count). The van der Waals surface area contributed by atoms with Crippen LogP contribution in [0.1, 0.15) is 44.7 Å². The number of aryl methyl sites for hydroxylation is 1. The molecular weight excluding hydrogens is 222 g/mol. The van der Waals surface area contributed by atoms with Gasteiger partial charge in [0.25, 0.3) is 0 Å². The zero-order valence-corrected chi connectivity index (χ0v) is 11.6. The summed E-state index contributed by atoms with van der Waals surface area (Å²) in [5.41, 5.74) is 2.25. The number of hydrogen-bond donors (Lipinski definition) is 2. The standard InChI is InChI=1S/C15H25N3/c1-12(11-14-7-4-3-5-9-17-14)18-15-8-6-10-16-13(15)2/h6,8,10,12,14,17-18H,3-5,7,9,11H2,1-2H3. The van der Waals surface area contributed by atoms with E-state index < -0.39 is 0 Å². The smallest absolute Gasteiger partial charge is 0.0603 e. The summed E-state index contributed by atoms with van der Waals surface area (Å²) in [7, 11) is 0. The molecule has 0 amide bonds. The second-order valence-corrected chi connectivity index (χ2v) is 5.42. The molecule has 3 nitrogen and oxygen atoms in total. The monoisotopic (exact) mass is 247 g/mol. The first-order valence-corrected chi connectivity index (χ1v) is 7.17. The molecule has 3 heteroatoms. The zero-order valence-electron chi connectivity index (χ0n) is 11.6. The van der Waals surface area contributed by atoms with Crippen LogP contribution in [0.3, 0.4) is 0 Å². The average Bonchev–Trinajstić information content (AvgIpc) is 2.61. The summed E-state index contributed by atoms with van der Waals surface area (Å²) >= 11 is 0. The first kappa shape index (κ1) is 13.3. The minimum absolute atomic E-state index is 0.489. The number of nitrogens with zero attached hydrogens (tertiary/aromatic N) is 1. The van der Waals surface area contributed by atoms with Gasteiger partial charge in [0.1, 0.15) is 0 Å². The van der Waals surface area contributed by atoms with Crippen LogP contribution >= 0.6 is 0 Å². The minimum atomic E-state index is 0.489. The van der Waals surface area contributed by atoms with Gasteiger partial charge in [-0.15, -0.1) is 0 Å². The van der Waals surface area contributed by atoms with Gasteiger partial charge in [-0.25, -0.2) is 0 Å². The summed E-state index contributed by atoms with van der Waals surface area (Å²) in [6, 6.07) is 5.26. The van der Waals surface area contributed by atoms with Crippen LogP contribution in [0.15, 0.2) is 18.3 Å². The molecule has 0 aliphatic carbocycles. The Morgan fingerprint density at radius 3 is 3.17 bits per heavy atom. The first-order chi connectivity index (χ1) is 8.75. The molecule has 100 valence electrons. The molecule has 0 saturated carbocycles. The van der Waals surface area contributed by atoms with Gasteiger partial charge in [0.15, 0.2) is 0 Å². The molecular formula is C15H25N3. The highest BCUT2D eigenvalue weighted by Crippen LogP contribution is 2.17. The highest BCUT2D eigenvalue weighted by atomic mass is 15.0. The van der Waals surface area contributed by atoms with E-state index in [1.807, 2.05) is 12.3 Å². The average molecular weight is 247 g/mol. The van der Waals surface area contributed by atoms with Crippen LogP contribution in [0.4, 0.5) is 5.69 Å². The summed E-state index contributed by atoms with van der Waals surface area (Å²) < 4.78 is 0. The quantitative estimate of drug-likeness (QED) is 0.858. The van der Waals surface area contributed by atoms with Gasteiger partial charge >= 0.3 is 0 Å². The number of nitrogens with one attached hydrogen (secondary N) is 2. The lowest BCUT2D eigenvalue weighted by Crippen LogP contribution is -2.33. The van der Waals surface area contributed by atoms with Gasteiger partial charge < -0.3 is 10.6 Å². The van der Waals surface area contributed by atoms with E-state index in [0.29, 0.717) is 12.1 Å². The summed E-state index contributed by atoms with van der Waals surface area (Å²) in [6.45, 7) is 5.50. The van der Waals surface area contributed by atoms with Crippen molar-refractivity contribution in [3.63, 3.8) is 0 Å². The largest absolute Gasteiger partial charge is 0.381 e. The molecule has 0 bridgehead atoms. The number of rotatable bonds is 4. The summed E-state index contributed by atoms with van der Waals surface area (Å²) in [5, 5.41) is 7.23. The van der Waals surface area contributed by atoms with Crippen LogP contribution in [0.5, 0.6) is 0 Å². The fraction of sp³-hybridized carbons (Fsp3) is 0.667. The molecule has 2 unspecified atom stereocenters. The maximum absolute atomic E-state index is 4.32. The third-order valence-corrected chi connectivity index (χ3v) is 3.71. The molecule has 1 aromatic heterocycles. The van der Waals surface area contributed by atoms with Gasteiger partial charge in [0.2, 0.25) is 0 Å². The summed E-state index contributed by atoms with van der Waals surface area (Å²) in [6.07, 6.45) is 8.44. The van der Waals surface area contributed by atoms with Gasteiger partial charge in [0.05, 0.1) is 11.4 Å². The van der Waals surface area contributed by atoms with Crippen molar-refractivity contribution in [2.75, 3.05) is 11.9 Å². The van der Waals surface area contributed by atoms with E-state index in [1.54, 1.807) is 0 Å². The highest BCUT2D eigenvalue weighted by Gasteiger charge is 2.15. The number of aromatic nitrogens is 1. The maximum atomic E-state index is 4.32. The molecule has 18 heavy (non-hydrogen) atoms. The fourth-order valence-corrected chi connectivity index (χ4v) is 2.69. The molecule has 0 radical (unpaired) electrons. The normalized spacial score (nSPS) is 22.2. The highest BCUT2D eigenvalue weighted by molar-refractivity contribution is 5.47. The Kier molecular flexibility index (Phi) is 5.00. The Balaban J connectivity index is 1.84. The summed E-state index contributed by atoms with van der Waals surface area (Å²) in [5.74, 6) is 0. The Morgan fingerprint density at radius 2 is 2.33 bits per heavy atom. The number of hydrogen-bond acceptors (Lipinski definition) is 3. The van der Waals surface area contributed by atoms with Crippen LogP contribution in [-0.2, 0) is 0 Å². The van der Waals surface area contributed by atoms with Crippen LogP contribution in [0.2, 0.25) is 0 Å². The lowest BCUT2D eigenvalue weighted by atomic mass is 10.0. The van der Waals surface area contributed by atoms with E-state index in [4.69, 9.17) is 0 Å². The topological polar surface area (TPSA) is 37.0 Å². The molecule has 1 aliphatic rings. The third-order valence-electron chi connectivity index (χ3n) is 3.71. The first-order valence-electron chi connectivity index (χ1n) is 7.17. The van der Waals surface area contributed by atoms with E-state index in [0.717, 1.165) is 5.69 Å². The number of anilines is 1. The van der Waals surface area contributed by atoms with Crippen LogP contribution in [0.25, 0.3) is 0 Å². The molecule has 1 fully saturated rings. The Bertz CT molecular complexity index is 357. The van der Waals surface area contributed by atoms with E-state index in [9.17, 15) is 0 Å². The van der Waals surface area contributed by atoms with E-state index in [-0.39, 0.29) is 0 Å². The Hall–Kier alpha value is -1.09. The number of pyridine rings is 1.